The summed E-state index contributed by atoms with van der Waals surface area (Å²) in [4.78, 5) is 15.1. The van der Waals surface area contributed by atoms with Gasteiger partial charge in [0.05, 0.1) is 17.4 Å². The molecule has 1 N–H and O–H groups in total. The second-order valence-electron chi connectivity index (χ2n) is 7.21. The van der Waals surface area contributed by atoms with Crippen LogP contribution in [0.1, 0.15) is 66.0 Å². The largest absolute Gasteiger partial charge is 0.506 e. The van der Waals surface area contributed by atoms with Gasteiger partial charge in [0.2, 0.25) is 0 Å². The summed E-state index contributed by atoms with van der Waals surface area (Å²) in [6.07, 6.45) is 6.25. The number of phenolic OH excluding ortho intramolecular Hbond substituents is 1. The Morgan fingerprint density at radius 1 is 1.28 bits per heavy atom. The third-order valence-electron chi connectivity index (χ3n) is 5.55. The van der Waals surface area contributed by atoms with Crippen molar-refractivity contribution < 1.29 is 9.90 Å². The van der Waals surface area contributed by atoms with Crippen LogP contribution in [0, 0.1) is 6.92 Å². The first-order valence-corrected chi connectivity index (χ1v) is 9.32. The molecule has 5 heteroatoms. The number of benzene rings is 1. The maximum Gasteiger partial charge on any atom is 0.276 e. The van der Waals surface area contributed by atoms with Crippen LogP contribution < -0.4 is 4.90 Å². The average molecular weight is 339 g/mol. The molecule has 132 valence electrons. The van der Waals surface area contributed by atoms with Gasteiger partial charge >= 0.3 is 0 Å². The zero-order chi connectivity index (χ0) is 17.6. The molecule has 0 radical (unpaired) electrons. The van der Waals surface area contributed by atoms with E-state index < -0.39 is 0 Å². The quantitative estimate of drug-likeness (QED) is 0.926. The fourth-order valence-corrected chi connectivity index (χ4v) is 4.23. The van der Waals surface area contributed by atoms with Gasteiger partial charge in [0, 0.05) is 12.1 Å². The topological polar surface area (TPSA) is 58.4 Å². The molecular weight excluding hydrogens is 314 g/mol. The number of aromatic nitrogens is 2. The van der Waals surface area contributed by atoms with Crippen LogP contribution in [0.4, 0.5) is 5.69 Å². The summed E-state index contributed by atoms with van der Waals surface area (Å²) >= 11 is 0. The van der Waals surface area contributed by atoms with Crippen LogP contribution in [0.15, 0.2) is 18.2 Å². The normalized spacial score (nSPS) is 18.0. The number of hydrogen-bond acceptors (Lipinski definition) is 3. The molecule has 1 fully saturated rings. The summed E-state index contributed by atoms with van der Waals surface area (Å²) in [7, 11) is 0. The lowest BCUT2D eigenvalue weighted by Gasteiger charge is -2.29. The molecule has 2 aromatic rings. The number of hydrogen-bond donors (Lipinski definition) is 1. The fraction of sp³-hybridized carbons (Fsp3) is 0.500. The van der Waals surface area contributed by atoms with Gasteiger partial charge in [0.1, 0.15) is 11.4 Å². The summed E-state index contributed by atoms with van der Waals surface area (Å²) in [5.41, 5.74) is 4.56. The Morgan fingerprint density at radius 2 is 2.04 bits per heavy atom. The van der Waals surface area contributed by atoms with Crippen molar-refractivity contribution in [2.75, 3.05) is 11.4 Å². The third kappa shape index (κ3) is 2.62. The summed E-state index contributed by atoms with van der Waals surface area (Å²) in [5, 5.41) is 15.1. The molecule has 2 heterocycles. The molecular formula is C20H25N3O2. The van der Waals surface area contributed by atoms with Crippen molar-refractivity contribution >= 4 is 11.6 Å². The summed E-state index contributed by atoms with van der Waals surface area (Å²) in [6.45, 7) is 4.66. The van der Waals surface area contributed by atoms with Gasteiger partial charge < -0.3 is 10.0 Å². The van der Waals surface area contributed by atoms with Crippen molar-refractivity contribution in [3.05, 3.63) is 40.7 Å². The zero-order valence-electron chi connectivity index (χ0n) is 15.0. The highest BCUT2D eigenvalue weighted by Gasteiger charge is 2.35. The van der Waals surface area contributed by atoms with E-state index in [2.05, 4.69) is 6.92 Å². The van der Waals surface area contributed by atoms with E-state index in [1.54, 1.807) is 11.0 Å². The van der Waals surface area contributed by atoms with Crippen molar-refractivity contribution in [3.63, 3.8) is 0 Å². The number of carbonyl (C=O) groups is 1. The standard InChI is InChI=1S/C20H25N3O2/c1-3-16-15-10-11-22(17-12-13(2)8-9-18(17)24)20(25)19(15)23(21-16)14-6-4-5-7-14/h8-9,12,14,24H,3-7,10-11H2,1-2H3. The number of aromatic hydroxyl groups is 1. The van der Waals surface area contributed by atoms with E-state index in [9.17, 15) is 9.90 Å². The molecule has 4 rings (SSSR count). The number of nitrogens with zero attached hydrogens (tertiary/aromatic N) is 3. The molecule has 1 aromatic heterocycles. The van der Waals surface area contributed by atoms with Crippen LogP contribution >= 0.6 is 0 Å². The number of rotatable bonds is 3. The lowest BCUT2D eigenvalue weighted by Crippen LogP contribution is -2.39. The van der Waals surface area contributed by atoms with Crippen molar-refractivity contribution in [1.29, 1.82) is 0 Å². The minimum atomic E-state index is -0.0266. The van der Waals surface area contributed by atoms with Gasteiger partial charge in [-0.1, -0.05) is 25.8 Å². The predicted octanol–water partition coefficient (Wildman–Crippen LogP) is 3.78. The van der Waals surface area contributed by atoms with E-state index in [1.165, 1.54) is 12.8 Å². The SMILES string of the molecule is CCc1nn(C2CCCC2)c2c1CCN(c1cc(C)ccc1O)C2=O. The van der Waals surface area contributed by atoms with Gasteiger partial charge in [-0.15, -0.1) is 0 Å². The first-order valence-electron chi connectivity index (χ1n) is 9.32. The van der Waals surface area contributed by atoms with Gasteiger partial charge in [-0.3, -0.25) is 9.48 Å². The minimum Gasteiger partial charge on any atom is -0.506 e. The van der Waals surface area contributed by atoms with E-state index in [0.717, 1.165) is 48.2 Å². The lowest BCUT2D eigenvalue weighted by atomic mass is 10.0. The number of phenols is 1. The van der Waals surface area contributed by atoms with Gasteiger partial charge in [0.25, 0.3) is 5.91 Å². The monoisotopic (exact) mass is 339 g/mol. The molecule has 1 aliphatic heterocycles. The Bertz CT molecular complexity index is 819. The first-order chi connectivity index (χ1) is 12.1. The first kappa shape index (κ1) is 16.2. The van der Waals surface area contributed by atoms with E-state index in [-0.39, 0.29) is 11.7 Å². The molecule has 0 saturated heterocycles. The van der Waals surface area contributed by atoms with E-state index >= 15 is 0 Å². The van der Waals surface area contributed by atoms with E-state index in [4.69, 9.17) is 5.10 Å². The Hall–Kier alpha value is -2.30. The van der Waals surface area contributed by atoms with Crippen molar-refractivity contribution in [3.8, 4) is 5.75 Å². The smallest absolute Gasteiger partial charge is 0.276 e. The van der Waals surface area contributed by atoms with Gasteiger partial charge in [0.15, 0.2) is 0 Å². The number of amides is 1. The number of fused-ring (bicyclic) bond motifs is 1. The average Bonchev–Trinajstić information content (AvgIpc) is 3.25. The molecule has 2 aliphatic rings. The Kier molecular flexibility index (Phi) is 4.02. The van der Waals surface area contributed by atoms with Gasteiger partial charge in [-0.25, -0.2) is 0 Å². The van der Waals surface area contributed by atoms with Crippen molar-refractivity contribution in [1.82, 2.24) is 9.78 Å². The second-order valence-corrected chi connectivity index (χ2v) is 7.21. The summed E-state index contributed by atoms with van der Waals surface area (Å²) in [6, 6.07) is 5.74. The Labute approximate surface area is 148 Å². The van der Waals surface area contributed by atoms with Crippen LogP contribution in [-0.4, -0.2) is 27.3 Å². The van der Waals surface area contributed by atoms with E-state index in [0.29, 0.717) is 18.3 Å². The molecule has 0 atom stereocenters. The Morgan fingerprint density at radius 3 is 2.76 bits per heavy atom. The maximum atomic E-state index is 13.3. The zero-order valence-corrected chi connectivity index (χ0v) is 15.0. The molecule has 1 amide bonds. The minimum absolute atomic E-state index is 0.0266. The van der Waals surface area contributed by atoms with Gasteiger partial charge in [-0.05, 0) is 50.3 Å². The second kappa shape index (κ2) is 6.21. The third-order valence-corrected chi connectivity index (χ3v) is 5.55. The number of carbonyl (C=O) groups excluding carboxylic acids is 1. The van der Waals surface area contributed by atoms with Crippen molar-refractivity contribution in [2.24, 2.45) is 0 Å². The molecule has 0 spiro atoms. The van der Waals surface area contributed by atoms with Crippen molar-refractivity contribution in [2.45, 2.75) is 58.4 Å². The Balaban J connectivity index is 1.79. The molecule has 5 nitrogen and oxygen atoms in total. The summed E-state index contributed by atoms with van der Waals surface area (Å²) < 4.78 is 2.00. The van der Waals surface area contributed by atoms with Crippen LogP contribution in [0.2, 0.25) is 0 Å². The molecule has 1 saturated carbocycles. The predicted molar refractivity (Wildman–Crippen MR) is 97.3 cm³/mol. The molecule has 0 bridgehead atoms. The van der Waals surface area contributed by atoms with Gasteiger partial charge in [-0.2, -0.15) is 5.10 Å². The van der Waals surface area contributed by atoms with Crippen LogP contribution in [-0.2, 0) is 12.8 Å². The highest BCUT2D eigenvalue weighted by Crippen LogP contribution is 2.37. The fourth-order valence-electron chi connectivity index (χ4n) is 4.23. The molecule has 1 aromatic carbocycles. The van der Waals surface area contributed by atoms with Crippen LogP contribution in [0.3, 0.4) is 0 Å². The van der Waals surface area contributed by atoms with Crippen LogP contribution in [0.25, 0.3) is 0 Å². The maximum absolute atomic E-state index is 13.3. The molecule has 1 aliphatic carbocycles. The highest BCUT2D eigenvalue weighted by atomic mass is 16.3. The van der Waals surface area contributed by atoms with E-state index in [1.807, 2.05) is 23.7 Å². The van der Waals surface area contributed by atoms with Crippen LogP contribution in [0.5, 0.6) is 5.75 Å². The number of anilines is 1. The number of aryl methyl sites for hydroxylation is 2. The summed E-state index contributed by atoms with van der Waals surface area (Å²) in [5.74, 6) is 0.131. The molecule has 25 heavy (non-hydrogen) atoms. The lowest BCUT2D eigenvalue weighted by molar-refractivity contribution is 0.0966. The highest BCUT2D eigenvalue weighted by molar-refractivity contribution is 6.08. The molecule has 0 unspecified atom stereocenters.